The number of hydrogen-bond donors (Lipinski definition) is 2. The first-order valence-electron chi connectivity index (χ1n) is 5.25. The summed E-state index contributed by atoms with van der Waals surface area (Å²) in [5.74, 6) is -2.12. The fourth-order valence-corrected chi connectivity index (χ4v) is 1.49. The summed E-state index contributed by atoms with van der Waals surface area (Å²) >= 11 is 2.86. The zero-order chi connectivity index (χ0) is 13.7. The fourth-order valence-electron chi connectivity index (χ4n) is 1.18. The highest BCUT2D eigenvalue weighted by Gasteiger charge is 2.13. The summed E-state index contributed by atoms with van der Waals surface area (Å²) in [6.07, 6.45) is 0. The Morgan fingerprint density at radius 2 is 2.00 bits per heavy atom. The van der Waals surface area contributed by atoms with Crippen LogP contribution in [0.5, 0.6) is 0 Å². The summed E-state index contributed by atoms with van der Waals surface area (Å²) in [6.45, 7) is 1.07. The van der Waals surface area contributed by atoms with Crippen LogP contribution < -0.4 is 10.6 Å². The van der Waals surface area contributed by atoms with Crippen LogP contribution in [0, 0.1) is 11.6 Å². The van der Waals surface area contributed by atoms with Gasteiger partial charge >= 0.3 is 6.03 Å². The van der Waals surface area contributed by atoms with E-state index in [9.17, 15) is 13.6 Å². The van der Waals surface area contributed by atoms with Gasteiger partial charge in [-0.3, -0.25) is 0 Å². The Balaban J connectivity index is 2.57. The number of halogens is 3. The number of nitrogens with one attached hydrogen (secondary N) is 2. The monoisotopic (exact) mass is 321 g/mol. The van der Waals surface area contributed by atoms with Gasteiger partial charge in [0.2, 0.25) is 0 Å². The minimum absolute atomic E-state index is 0.0126. The third kappa shape index (κ3) is 4.23. The van der Waals surface area contributed by atoms with Gasteiger partial charge in [0, 0.05) is 13.1 Å². The van der Waals surface area contributed by atoms with Gasteiger partial charge in [-0.15, -0.1) is 0 Å². The van der Waals surface area contributed by atoms with Crippen molar-refractivity contribution < 1.29 is 13.6 Å². The summed E-state index contributed by atoms with van der Waals surface area (Å²) in [5, 5.41) is 4.78. The number of carbonyl (C=O) groups is 1. The minimum Gasteiger partial charge on any atom is -0.337 e. The summed E-state index contributed by atoms with van der Waals surface area (Å²) in [5.41, 5.74) is -0.196. The molecule has 0 fully saturated rings. The molecule has 0 aromatic heterocycles. The molecule has 1 aromatic rings. The largest absolute Gasteiger partial charge is 0.337 e. The van der Waals surface area contributed by atoms with Gasteiger partial charge in [-0.1, -0.05) is 0 Å². The molecule has 2 amide bonds. The van der Waals surface area contributed by atoms with Crippen molar-refractivity contribution >= 4 is 27.6 Å². The molecule has 0 aliphatic rings. The van der Waals surface area contributed by atoms with Crippen molar-refractivity contribution in [2.45, 2.75) is 0 Å². The zero-order valence-electron chi connectivity index (χ0n) is 10.1. The van der Waals surface area contributed by atoms with E-state index in [1.807, 2.05) is 19.0 Å². The number of carbonyl (C=O) groups excluding carboxylic acids is 1. The van der Waals surface area contributed by atoms with Gasteiger partial charge in [-0.05, 0) is 42.2 Å². The normalized spacial score (nSPS) is 10.6. The lowest BCUT2D eigenvalue weighted by Crippen LogP contribution is -2.34. The van der Waals surface area contributed by atoms with E-state index in [2.05, 4.69) is 26.6 Å². The second-order valence-electron chi connectivity index (χ2n) is 3.91. The number of anilines is 1. The zero-order valence-corrected chi connectivity index (χ0v) is 11.6. The van der Waals surface area contributed by atoms with E-state index in [1.165, 1.54) is 12.1 Å². The number of amides is 2. The summed E-state index contributed by atoms with van der Waals surface area (Å²) < 4.78 is 26.6. The van der Waals surface area contributed by atoms with E-state index in [0.717, 1.165) is 0 Å². The van der Waals surface area contributed by atoms with Crippen LogP contribution in [0.1, 0.15) is 0 Å². The van der Waals surface area contributed by atoms with Crippen molar-refractivity contribution in [3.8, 4) is 0 Å². The van der Waals surface area contributed by atoms with Crippen molar-refractivity contribution in [2.75, 3.05) is 32.5 Å². The van der Waals surface area contributed by atoms with E-state index in [4.69, 9.17) is 0 Å². The molecule has 1 aromatic carbocycles. The molecule has 0 aliphatic carbocycles. The Kier molecular flexibility index (Phi) is 5.49. The highest BCUT2D eigenvalue weighted by molar-refractivity contribution is 9.10. The first kappa shape index (κ1) is 14.8. The highest BCUT2D eigenvalue weighted by Crippen LogP contribution is 2.24. The molecular weight excluding hydrogens is 308 g/mol. The Hall–Kier alpha value is -1.21. The Bertz CT molecular complexity index is 441. The number of nitrogens with zero attached hydrogens (tertiary/aromatic N) is 1. The SMILES string of the molecule is CN(C)CCNC(=O)Nc1ccc(Br)c(F)c1F. The molecule has 0 saturated heterocycles. The van der Waals surface area contributed by atoms with Crippen LogP contribution in [0.3, 0.4) is 0 Å². The summed E-state index contributed by atoms with van der Waals surface area (Å²) in [7, 11) is 3.73. The van der Waals surface area contributed by atoms with Crippen LogP contribution in [0.25, 0.3) is 0 Å². The minimum atomic E-state index is -1.09. The lowest BCUT2D eigenvalue weighted by atomic mass is 10.3. The second-order valence-corrected chi connectivity index (χ2v) is 4.76. The van der Waals surface area contributed by atoms with Crippen LogP contribution in [0.2, 0.25) is 0 Å². The van der Waals surface area contributed by atoms with Crippen molar-refractivity contribution in [2.24, 2.45) is 0 Å². The number of hydrogen-bond acceptors (Lipinski definition) is 2. The third-order valence-electron chi connectivity index (χ3n) is 2.13. The molecule has 0 bridgehead atoms. The van der Waals surface area contributed by atoms with Gasteiger partial charge in [0.1, 0.15) is 0 Å². The van der Waals surface area contributed by atoms with Crippen molar-refractivity contribution in [1.82, 2.24) is 10.2 Å². The lowest BCUT2D eigenvalue weighted by molar-refractivity contribution is 0.250. The average molecular weight is 322 g/mol. The topological polar surface area (TPSA) is 44.4 Å². The number of urea groups is 1. The summed E-state index contributed by atoms with van der Waals surface area (Å²) in [6, 6.07) is 2.04. The van der Waals surface area contributed by atoms with Crippen molar-refractivity contribution in [3.05, 3.63) is 28.2 Å². The average Bonchev–Trinajstić information content (AvgIpc) is 2.29. The first-order valence-corrected chi connectivity index (χ1v) is 6.04. The van der Waals surface area contributed by atoms with E-state index in [-0.39, 0.29) is 10.2 Å². The number of rotatable bonds is 4. The second kappa shape index (κ2) is 6.65. The molecule has 0 atom stereocenters. The van der Waals surface area contributed by atoms with Gasteiger partial charge in [0.25, 0.3) is 0 Å². The summed E-state index contributed by atoms with van der Waals surface area (Å²) in [4.78, 5) is 13.3. The van der Waals surface area contributed by atoms with Gasteiger partial charge in [0.05, 0.1) is 10.2 Å². The van der Waals surface area contributed by atoms with Gasteiger partial charge < -0.3 is 15.5 Å². The quantitative estimate of drug-likeness (QED) is 0.836. The van der Waals surface area contributed by atoms with Crippen molar-refractivity contribution in [3.63, 3.8) is 0 Å². The lowest BCUT2D eigenvalue weighted by Gasteiger charge is -2.12. The molecule has 18 heavy (non-hydrogen) atoms. The first-order chi connectivity index (χ1) is 8.41. The predicted octanol–water partition coefficient (Wildman–Crippen LogP) is 2.41. The standard InChI is InChI=1S/C11H14BrF2N3O/c1-17(2)6-5-15-11(18)16-8-4-3-7(12)9(13)10(8)14/h3-4H,5-6H2,1-2H3,(H2,15,16,18). The van der Waals surface area contributed by atoms with Gasteiger partial charge in [0.15, 0.2) is 11.6 Å². The molecule has 100 valence electrons. The molecule has 7 heteroatoms. The van der Waals surface area contributed by atoms with Crippen LogP contribution in [-0.4, -0.2) is 38.1 Å². The molecule has 4 nitrogen and oxygen atoms in total. The number of likely N-dealkylation sites (N-methyl/N-ethyl adjacent to an activating group) is 1. The van der Waals surface area contributed by atoms with Crippen LogP contribution in [0.15, 0.2) is 16.6 Å². The molecule has 0 spiro atoms. The van der Waals surface area contributed by atoms with Crippen LogP contribution in [0.4, 0.5) is 19.3 Å². The van der Waals surface area contributed by atoms with Crippen LogP contribution >= 0.6 is 15.9 Å². The molecule has 1 rings (SSSR count). The highest BCUT2D eigenvalue weighted by atomic mass is 79.9. The maximum absolute atomic E-state index is 13.4. The van der Waals surface area contributed by atoms with E-state index in [0.29, 0.717) is 13.1 Å². The fraction of sp³-hybridized carbons (Fsp3) is 0.364. The van der Waals surface area contributed by atoms with Crippen LogP contribution in [-0.2, 0) is 0 Å². The Labute approximate surface area is 112 Å². The molecule has 0 heterocycles. The molecular formula is C11H14BrF2N3O. The van der Waals surface area contributed by atoms with E-state index < -0.39 is 17.7 Å². The molecule has 2 N–H and O–H groups in total. The maximum Gasteiger partial charge on any atom is 0.319 e. The molecule has 0 aliphatic heterocycles. The van der Waals surface area contributed by atoms with E-state index in [1.54, 1.807) is 0 Å². The molecule has 0 saturated carbocycles. The van der Waals surface area contributed by atoms with Crippen molar-refractivity contribution in [1.29, 1.82) is 0 Å². The van der Waals surface area contributed by atoms with Gasteiger partial charge in [-0.25, -0.2) is 13.6 Å². The predicted molar refractivity (Wildman–Crippen MR) is 69.6 cm³/mol. The molecule has 0 unspecified atom stereocenters. The maximum atomic E-state index is 13.4. The number of benzene rings is 1. The molecule has 0 radical (unpaired) electrons. The third-order valence-corrected chi connectivity index (χ3v) is 2.74. The van der Waals surface area contributed by atoms with Gasteiger partial charge in [-0.2, -0.15) is 0 Å². The Morgan fingerprint density at radius 3 is 2.61 bits per heavy atom. The smallest absolute Gasteiger partial charge is 0.319 e. The Morgan fingerprint density at radius 1 is 1.33 bits per heavy atom. The van der Waals surface area contributed by atoms with E-state index >= 15 is 0 Å².